The van der Waals surface area contributed by atoms with Gasteiger partial charge in [0.2, 0.25) is 0 Å². The topological polar surface area (TPSA) is 51.8 Å². The lowest BCUT2D eigenvalue weighted by Crippen LogP contribution is -1.94. The molecule has 0 bridgehead atoms. The third kappa shape index (κ3) is 2.24. The summed E-state index contributed by atoms with van der Waals surface area (Å²) >= 11 is 2.37. The Morgan fingerprint density at radius 3 is 2.80 bits per heavy atom. The number of nitrogens with zero attached hydrogens (tertiary/aromatic N) is 2. The molecule has 78 valence electrons. The molecule has 0 radical (unpaired) electrons. The SMILES string of the molecule is Nc1c(F)cc(F)cc1Sc1nncs1. The van der Waals surface area contributed by atoms with Gasteiger partial charge >= 0.3 is 0 Å². The quantitative estimate of drug-likeness (QED) is 0.826. The van der Waals surface area contributed by atoms with E-state index in [1.165, 1.54) is 22.9 Å². The van der Waals surface area contributed by atoms with Crippen LogP contribution in [0, 0.1) is 11.6 Å². The van der Waals surface area contributed by atoms with E-state index in [4.69, 9.17) is 5.73 Å². The Labute approximate surface area is 92.3 Å². The van der Waals surface area contributed by atoms with E-state index in [2.05, 4.69) is 10.2 Å². The molecular weight excluding hydrogens is 240 g/mol. The summed E-state index contributed by atoms with van der Waals surface area (Å²) in [5, 5.41) is 7.36. The first-order valence-electron chi connectivity index (χ1n) is 3.85. The molecule has 0 atom stereocenters. The summed E-state index contributed by atoms with van der Waals surface area (Å²) in [5.41, 5.74) is 6.93. The summed E-state index contributed by atoms with van der Waals surface area (Å²) in [4.78, 5) is 0.309. The van der Waals surface area contributed by atoms with Gasteiger partial charge in [0.25, 0.3) is 0 Å². The van der Waals surface area contributed by atoms with Crippen LogP contribution in [0.5, 0.6) is 0 Å². The first-order chi connectivity index (χ1) is 7.16. The van der Waals surface area contributed by atoms with Crippen LogP contribution in [0.1, 0.15) is 0 Å². The molecule has 0 fully saturated rings. The van der Waals surface area contributed by atoms with Gasteiger partial charge in [0.1, 0.15) is 17.1 Å². The molecule has 2 aromatic rings. The van der Waals surface area contributed by atoms with Crippen molar-refractivity contribution in [2.75, 3.05) is 5.73 Å². The van der Waals surface area contributed by atoms with Gasteiger partial charge in [0, 0.05) is 11.0 Å². The van der Waals surface area contributed by atoms with Gasteiger partial charge in [-0.3, -0.25) is 0 Å². The van der Waals surface area contributed by atoms with E-state index in [0.29, 0.717) is 9.24 Å². The van der Waals surface area contributed by atoms with E-state index >= 15 is 0 Å². The Hall–Kier alpha value is -1.21. The number of hydrogen-bond acceptors (Lipinski definition) is 5. The number of hydrogen-bond donors (Lipinski definition) is 1. The summed E-state index contributed by atoms with van der Waals surface area (Å²) in [5.74, 6) is -1.42. The Balaban J connectivity index is 2.36. The van der Waals surface area contributed by atoms with E-state index in [-0.39, 0.29) is 5.69 Å². The largest absolute Gasteiger partial charge is 0.395 e. The molecule has 3 nitrogen and oxygen atoms in total. The molecule has 0 saturated carbocycles. The molecule has 1 aromatic heterocycles. The molecule has 0 aliphatic carbocycles. The highest BCUT2D eigenvalue weighted by molar-refractivity contribution is 8.01. The lowest BCUT2D eigenvalue weighted by molar-refractivity contribution is 0.581. The number of nitrogen functional groups attached to an aromatic ring is 1. The fourth-order valence-corrected chi connectivity index (χ4v) is 2.47. The predicted octanol–water partition coefficient (Wildman–Crippen LogP) is 2.55. The van der Waals surface area contributed by atoms with Crippen molar-refractivity contribution in [1.29, 1.82) is 0 Å². The Morgan fingerprint density at radius 2 is 2.13 bits per heavy atom. The highest BCUT2D eigenvalue weighted by atomic mass is 32.2. The normalized spacial score (nSPS) is 10.5. The van der Waals surface area contributed by atoms with Crippen molar-refractivity contribution >= 4 is 28.8 Å². The lowest BCUT2D eigenvalue weighted by Gasteiger charge is -2.03. The summed E-state index contributed by atoms with van der Waals surface area (Å²) in [7, 11) is 0. The van der Waals surface area contributed by atoms with Gasteiger partial charge in [-0.15, -0.1) is 10.2 Å². The Morgan fingerprint density at radius 1 is 1.33 bits per heavy atom. The van der Waals surface area contributed by atoms with Crippen LogP contribution in [0.2, 0.25) is 0 Å². The minimum Gasteiger partial charge on any atom is -0.395 e. The van der Waals surface area contributed by atoms with Crippen molar-refractivity contribution in [2.24, 2.45) is 0 Å². The molecule has 0 aliphatic heterocycles. The minimum atomic E-state index is -0.762. The van der Waals surface area contributed by atoms with Crippen molar-refractivity contribution in [3.05, 3.63) is 29.3 Å². The minimum absolute atomic E-state index is 0.0726. The average molecular weight is 245 g/mol. The molecule has 1 aromatic carbocycles. The van der Waals surface area contributed by atoms with Crippen LogP contribution in [-0.4, -0.2) is 10.2 Å². The molecule has 0 spiro atoms. The van der Waals surface area contributed by atoms with Crippen LogP contribution in [0.4, 0.5) is 14.5 Å². The maximum absolute atomic E-state index is 13.1. The highest BCUT2D eigenvalue weighted by Crippen LogP contribution is 2.34. The van der Waals surface area contributed by atoms with Crippen molar-refractivity contribution < 1.29 is 8.78 Å². The van der Waals surface area contributed by atoms with Crippen LogP contribution < -0.4 is 5.73 Å². The molecule has 15 heavy (non-hydrogen) atoms. The molecule has 0 aliphatic rings. The van der Waals surface area contributed by atoms with Crippen molar-refractivity contribution in [3.8, 4) is 0 Å². The van der Waals surface area contributed by atoms with E-state index in [0.717, 1.165) is 17.8 Å². The zero-order valence-corrected chi connectivity index (χ0v) is 8.91. The molecule has 0 unspecified atom stereocenters. The summed E-state index contributed by atoms with van der Waals surface area (Å²) in [6, 6.07) is 1.92. The molecule has 7 heteroatoms. The zero-order chi connectivity index (χ0) is 10.8. The number of aromatic nitrogens is 2. The third-order valence-corrected chi connectivity index (χ3v) is 3.43. The van der Waals surface area contributed by atoms with Crippen molar-refractivity contribution in [1.82, 2.24) is 10.2 Å². The van der Waals surface area contributed by atoms with E-state index in [1.54, 1.807) is 0 Å². The maximum Gasteiger partial charge on any atom is 0.178 e. The third-order valence-electron chi connectivity index (χ3n) is 1.59. The summed E-state index contributed by atoms with van der Waals surface area (Å²) in [6.45, 7) is 0. The summed E-state index contributed by atoms with van der Waals surface area (Å²) < 4.78 is 26.5. The zero-order valence-electron chi connectivity index (χ0n) is 7.28. The van der Waals surface area contributed by atoms with Gasteiger partial charge in [0.05, 0.1) is 5.69 Å². The molecule has 2 rings (SSSR count). The van der Waals surface area contributed by atoms with Gasteiger partial charge in [-0.25, -0.2) is 8.78 Å². The van der Waals surface area contributed by atoms with Gasteiger partial charge in [-0.2, -0.15) is 0 Å². The Kier molecular flexibility index (Phi) is 2.83. The number of benzene rings is 1. The van der Waals surface area contributed by atoms with Gasteiger partial charge in [-0.05, 0) is 6.07 Å². The fraction of sp³-hybridized carbons (Fsp3) is 0. The number of rotatable bonds is 2. The Bertz CT molecular complexity index is 473. The average Bonchev–Trinajstić information content (AvgIpc) is 2.66. The first-order valence-corrected chi connectivity index (χ1v) is 5.55. The number of nitrogens with two attached hydrogens (primary N) is 1. The monoisotopic (exact) mass is 245 g/mol. The molecule has 2 N–H and O–H groups in total. The molecule has 1 heterocycles. The van der Waals surface area contributed by atoms with Crippen LogP contribution in [0.15, 0.2) is 26.9 Å². The van der Waals surface area contributed by atoms with Crippen LogP contribution in [-0.2, 0) is 0 Å². The second kappa shape index (κ2) is 4.11. The molecule has 0 amide bonds. The van der Waals surface area contributed by atoms with Crippen LogP contribution in [0.3, 0.4) is 0 Å². The number of halogens is 2. The van der Waals surface area contributed by atoms with Crippen LogP contribution >= 0.6 is 23.1 Å². The second-order valence-corrected chi connectivity index (χ2v) is 4.73. The van der Waals surface area contributed by atoms with Crippen LogP contribution in [0.25, 0.3) is 0 Å². The van der Waals surface area contributed by atoms with E-state index < -0.39 is 11.6 Å². The van der Waals surface area contributed by atoms with Gasteiger partial charge < -0.3 is 5.73 Å². The predicted molar refractivity (Wildman–Crippen MR) is 54.8 cm³/mol. The van der Waals surface area contributed by atoms with Crippen molar-refractivity contribution in [3.63, 3.8) is 0 Å². The number of anilines is 1. The van der Waals surface area contributed by atoms with E-state index in [1.807, 2.05) is 0 Å². The van der Waals surface area contributed by atoms with Gasteiger partial charge in [0.15, 0.2) is 4.34 Å². The second-order valence-electron chi connectivity index (χ2n) is 2.61. The molecular formula is C8H5F2N3S2. The van der Waals surface area contributed by atoms with Crippen molar-refractivity contribution in [2.45, 2.75) is 9.24 Å². The van der Waals surface area contributed by atoms with E-state index in [9.17, 15) is 8.78 Å². The smallest absolute Gasteiger partial charge is 0.178 e. The maximum atomic E-state index is 13.1. The first kappa shape index (κ1) is 10.3. The highest BCUT2D eigenvalue weighted by Gasteiger charge is 2.10. The lowest BCUT2D eigenvalue weighted by atomic mass is 10.3. The standard InChI is InChI=1S/C8H5F2N3S2/c9-4-1-5(10)7(11)6(2-4)15-8-13-12-3-14-8/h1-3H,11H2. The fourth-order valence-electron chi connectivity index (χ4n) is 0.947. The van der Waals surface area contributed by atoms with Gasteiger partial charge in [-0.1, -0.05) is 23.1 Å². The molecule has 0 saturated heterocycles. The summed E-state index contributed by atoms with van der Waals surface area (Å²) in [6.07, 6.45) is 0.